The van der Waals surface area contributed by atoms with Gasteiger partial charge in [-0.2, -0.15) is 0 Å². The van der Waals surface area contributed by atoms with E-state index >= 15 is 0 Å². The smallest absolute Gasteiger partial charge is 0.00449 e. The first-order valence-corrected chi connectivity index (χ1v) is 14.1. The minimum atomic E-state index is 0.509. The second-order valence-corrected chi connectivity index (χ2v) is 12.7. The Balaban J connectivity index is 1.30. The summed E-state index contributed by atoms with van der Waals surface area (Å²) in [5.74, 6) is 4.52. The van der Waals surface area contributed by atoms with Crippen molar-refractivity contribution in [2.45, 2.75) is 72.6 Å². The molecule has 0 radical (unpaired) electrons. The maximum absolute atomic E-state index is 4.47. The molecule has 0 saturated heterocycles. The minimum absolute atomic E-state index is 0.509. The van der Waals surface area contributed by atoms with Crippen LogP contribution in [-0.4, -0.2) is 0 Å². The van der Waals surface area contributed by atoms with Crippen LogP contribution in [0.4, 0.5) is 0 Å². The SMILES string of the molecule is C=C1C(CC2=Cc3cccc(-c4cc(C)cc(C)c4C[C@@H]4CCC(C)C[C@@H]4C)c3C2)C(=C)C2CC12. The van der Waals surface area contributed by atoms with Gasteiger partial charge in [0.2, 0.25) is 0 Å². The third kappa shape index (κ3) is 4.08. The summed E-state index contributed by atoms with van der Waals surface area (Å²) in [6.07, 6.45) is 11.4. The van der Waals surface area contributed by atoms with Gasteiger partial charge >= 0.3 is 0 Å². The first kappa shape index (κ1) is 23.1. The molecular formula is C35H42. The van der Waals surface area contributed by atoms with Gasteiger partial charge in [-0.05, 0) is 115 Å². The monoisotopic (exact) mass is 462 g/mol. The van der Waals surface area contributed by atoms with Crippen molar-refractivity contribution >= 4 is 6.08 Å². The minimum Gasteiger partial charge on any atom is -0.0989 e. The third-order valence-electron chi connectivity index (χ3n) is 10.1. The van der Waals surface area contributed by atoms with Crippen LogP contribution in [0, 0.1) is 49.4 Å². The van der Waals surface area contributed by atoms with E-state index in [-0.39, 0.29) is 0 Å². The van der Waals surface area contributed by atoms with Gasteiger partial charge in [0.1, 0.15) is 0 Å². The Morgan fingerprint density at radius 1 is 0.886 bits per heavy atom. The first-order chi connectivity index (χ1) is 16.8. The molecule has 0 amide bonds. The van der Waals surface area contributed by atoms with Crippen molar-refractivity contribution < 1.29 is 0 Å². The molecule has 0 aliphatic heterocycles. The largest absolute Gasteiger partial charge is 0.0989 e. The molecule has 3 fully saturated rings. The van der Waals surface area contributed by atoms with Crippen molar-refractivity contribution in [3.63, 3.8) is 0 Å². The predicted molar refractivity (Wildman–Crippen MR) is 150 cm³/mol. The Kier molecular flexibility index (Phi) is 5.70. The lowest BCUT2D eigenvalue weighted by molar-refractivity contribution is 0.203. The fraction of sp³-hybridized carbons (Fsp3) is 0.486. The van der Waals surface area contributed by atoms with E-state index in [4.69, 9.17) is 0 Å². The predicted octanol–water partition coefficient (Wildman–Crippen LogP) is 9.29. The molecule has 0 aromatic heterocycles. The maximum Gasteiger partial charge on any atom is 0.00449 e. The maximum atomic E-state index is 4.47. The van der Waals surface area contributed by atoms with Gasteiger partial charge in [-0.1, -0.05) is 92.1 Å². The van der Waals surface area contributed by atoms with Gasteiger partial charge in [-0.25, -0.2) is 0 Å². The molecule has 182 valence electrons. The van der Waals surface area contributed by atoms with Gasteiger partial charge < -0.3 is 0 Å². The lowest BCUT2D eigenvalue weighted by Gasteiger charge is -2.33. The Labute approximate surface area is 213 Å². The van der Waals surface area contributed by atoms with Crippen LogP contribution in [-0.2, 0) is 12.8 Å². The van der Waals surface area contributed by atoms with E-state index in [2.05, 4.69) is 77.3 Å². The van der Waals surface area contributed by atoms with Crippen LogP contribution < -0.4 is 0 Å². The van der Waals surface area contributed by atoms with Crippen molar-refractivity contribution in [3.05, 3.63) is 88.0 Å². The molecule has 4 aliphatic rings. The van der Waals surface area contributed by atoms with Crippen LogP contribution in [0.2, 0.25) is 0 Å². The first-order valence-electron chi connectivity index (χ1n) is 14.1. The normalized spacial score (nSPS) is 31.4. The quantitative estimate of drug-likeness (QED) is 0.388. The molecule has 3 unspecified atom stereocenters. The summed E-state index contributed by atoms with van der Waals surface area (Å²) in [4.78, 5) is 0. The fourth-order valence-corrected chi connectivity index (χ4v) is 7.91. The van der Waals surface area contributed by atoms with Gasteiger partial charge in [0.15, 0.2) is 0 Å². The molecule has 0 N–H and O–H groups in total. The summed E-state index contributed by atoms with van der Waals surface area (Å²) in [6, 6.07) is 11.9. The standard InChI is InChI=1S/C35H42/c1-20-10-11-27(22(3)12-20)18-30-23(4)13-21(2)14-35(30)29-9-7-8-28-15-26(17-34(28)29)16-31-24(5)32-19-33(32)25(31)6/h7-9,13-15,20,22,27,31-33H,5-6,10-12,16-19H2,1-4H3/t20?,22-,27-,31?,32?,33?/m0/s1. The van der Waals surface area contributed by atoms with Gasteiger partial charge in [-0.15, -0.1) is 0 Å². The summed E-state index contributed by atoms with van der Waals surface area (Å²) in [5, 5.41) is 0. The zero-order valence-corrected chi connectivity index (χ0v) is 22.3. The highest BCUT2D eigenvalue weighted by molar-refractivity contribution is 5.80. The van der Waals surface area contributed by atoms with E-state index in [9.17, 15) is 0 Å². The lowest BCUT2D eigenvalue weighted by atomic mass is 9.72. The molecule has 0 spiro atoms. The topological polar surface area (TPSA) is 0 Å². The van der Waals surface area contributed by atoms with Gasteiger partial charge in [-0.3, -0.25) is 0 Å². The van der Waals surface area contributed by atoms with E-state index in [0.29, 0.717) is 5.92 Å². The molecule has 0 bridgehead atoms. The Morgan fingerprint density at radius 2 is 1.66 bits per heavy atom. The average molecular weight is 463 g/mol. The molecule has 0 heteroatoms. The van der Waals surface area contributed by atoms with Crippen LogP contribution in [0.3, 0.4) is 0 Å². The Bertz CT molecular complexity index is 1220. The summed E-state index contributed by atoms with van der Waals surface area (Å²) in [6.45, 7) is 18.5. The van der Waals surface area contributed by atoms with Crippen LogP contribution >= 0.6 is 0 Å². The van der Waals surface area contributed by atoms with E-state index in [0.717, 1.165) is 42.4 Å². The number of hydrogen-bond donors (Lipinski definition) is 0. The summed E-state index contributed by atoms with van der Waals surface area (Å²) in [7, 11) is 0. The van der Waals surface area contributed by atoms with Crippen LogP contribution in [0.5, 0.6) is 0 Å². The second kappa shape index (κ2) is 8.65. The Hall–Kier alpha value is -2.34. The molecule has 4 aliphatic carbocycles. The van der Waals surface area contributed by atoms with Crippen molar-refractivity contribution in [2.75, 3.05) is 0 Å². The van der Waals surface area contributed by atoms with Crippen LogP contribution in [0.15, 0.2) is 60.2 Å². The zero-order valence-electron chi connectivity index (χ0n) is 22.3. The highest BCUT2D eigenvalue weighted by atomic mass is 14.6. The van der Waals surface area contributed by atoms with E-state index in [1.807, 2.05) is 0 Å². The molecule has 3 saturated carbocycles. The van der Waals surface area contributed by atoms with Crippen molar-refractivity contribution in [3.8, 4) is 11.1 Å². The van der Waals surface area contributed by atoms with Gasteiger partial charge in [0, 0.05) is 5.92 Å². The number of allylic oxidation sites excluding steroid dienone is 3. The van der Waals surface area contributed by atoms with E-state index in [1.165, 1.54) is 71.1 Å². The average Bonchev–Trinajstić information content (AvgIpc) is 3.45. The van der Waals surface area contributed by atoms with Crippen molar-refractivity contribution in [1.82, 2.24) is 0 Å². The molecule has 2 aromatic carbocycles. The lowest BCUT2D eigenvalue weighted by Crippen LogP contribution is -2.23. The summed E-state index contributed by atoms with van der Waals surface area (Å²) in [5.41, 5.74) is 14.9. The van der Waals surface area contributed by atoms with E-state index < -0.39 is 0 Å². The summed E-state index contributed by atoms with van der Waals surface area (Å²) >= 11 is 0. The van der Waals surface area contributed by atoms with Gasteiger partial charge in [0.05, 0.1) is 0 Å². The zero-order chi connectivity index (χ0) is 24.4. The molecule has 6 rings (SSSR count). The summed E-state index contributed by atoms with van der Waals surface area (Å²) < 4.78 is 0. The fourth-order valence-electron chi connectivity index (χ4n) is 7.91. The number of fused-ring (bicyclic) bond motifs is 2. The van der Waals surface area contributed by atoms with Crippen molar-refractivity contribution in [2.24, 2.45) is 35.5 Å². The highest BCUT2D eigenvalue weighted by Gasteiger charge is 2.51. The molecule has 5 atom stereocenters. The molecule has 0 nitrogen and oxygen atoms in total. The highest BCUT2D eigenvalue weighted by Crippen LogP contribution is 2.61. The third-order valence-corrected chi connectivity index (χ3v) is 10.1. The molecule has 2 aromatic rings. The second-order valence-electron chi connectivity index (χ2n) is 12.7. The Morgan fingerprint density at radius 3 is 2.40 bits per heavy atom. The van der Waals surface area contributed by atoms with Crippen LogP contribution in [0.1, 0.15) is 73.8 Å². The molecule has 0 heterocycles. The number of rotatable bonds is 5. The number of hydrogen-bond acceptors (Lipinski definition) is 0. The van der Waals surface area contributed by atoms with Gasteiger partial charge in [0.25, 0.3) is 0 Å². The molecular weight excluding hydrogens is 420 g/mol. The molecule has 35 heavy (non-hydrogen) atoms. The van der Waals surface area contributed by atoms with Crippen molar-refractivity contribution in [1.29, 1.82) is 0 Å². The number of benzene rings is 2. The van der Waals surface area contributed by atoms with Crippen LogP contribution in [0.25, 0.3) is 17.2 Å². The number of aryl methyl sites for hydroxylation is 2. The van der Waals surface area contributed by atoms with E-state index in [1.54, 1.807) is 16.7 Å².